The van der Waals surface area contributed by atoms with Crippen LogP contribution in [-0.2, 0) is 6.54 Å². The first kappa shape index (κ1) is 13.3. The highest BCUT2D eigenvalue weighted by atomic mass is 79.9. The van der Waals surface area contributed by atoms with Gasteiger partial charge in [0.15, 0.2) is 11.5 Å². The predicted octanol–water partition coefficient (Wildman–Crippen LogP) is 3.85. The lowest BCUT2D eigenvalue weighted by Gasteiger charge is -2.20. The number of rotatable bonds is 4. The maximum atomic E-state index is 5.45. The molecule has 1 aliphatic heterocycles. The number of fused-ring (bicyclic) bond motifs is 1. The Kier molecular flexibility index (Phi) is 3.99. The molecule has 0 radical (unpaired) electrons. The van der Waals surface area contributed by atoms with Crippen LogP contribution in [0, 0.1) is 5.92 Å². The summed E-state index contributed by atoms with van der Waals surface area (Å²) in [6, 6.07) is 4.77. The van der Waals surface area contributed by atoms with E-state index in [-0.39, 0.29) is 0 Å². The van der Waals surface area contributed by atoms with E-state index in [2.05, 4.69) is 40.3 Å². The summed E-state index contributed by atoms with van der Waals surface area (Å²) in [4.78, 5) is 0. The van der Waals surface area contributed by atoms with Gasteiger partial charge in [-0.1, -0.05) is 12.8 Å². The fourth-order valence-electron chi connectivity index (χ4n) is 3.03. The van der Waals surface area contributed by atoms with Gasteiger partial charge >= 0.3 is 0 Å². The Morgan fingerprint density at radius 1 is 1.32 bits per heavy atom. The zero-order valence-electron chi connectivity index (χ0n) is 11.2. The first-order valence-corrected chi connectivity index (χ1v) is 7.85. The van der Waals surface area contributed by atoms with Gasteiger partial charge in [0, 0.05) is 12.6 Å². The molecule has 1 aromatic carbocycles. The third-order valence-electron chi connectivity index (χ3n) is 4.22. The van der Waals surface area contributed by atoms with Gasteiger partial charge in [0.2, 0.25) is 6.79 Å². The normalized spacial score (nSPS) is 19.9. The van der Waals surface area contributed by atoms with Gasteiger partial charge in [-0.2, -0.15) is 0 Å². The molecule has 1 fully saturated rings. The predicted molar refractivity (Wildman–Crippen MR) is 78.5 cm³/mol. The molecule has 1 heterocycles. The third kappa shape index (κ3) is 2.90. The Bertz CT molecular complexity index is 458. The van der Waals surface area contributed by atoms with Crippen molar-refractivity contribution in [3.8, 4) is 11.5 Å². The van der Waals surface area contributed by atoms with Crippen LogP contribution in [0.25, 0.3) is 0 Å². The second kappa shape index (κ2) is 5.71. The van der Waals surface area contributed by atoms with Gasteiger partial charge in [0.1, 0.15) is 0 Å². The summed E-state index contributed by atoms with van der Waals surface area (Å²) in [6.07, 6.45) is 5.54. The lowest BCUT2D eigenvalue weighted by molar-refractivity contribution is 0.173. The number of hydrogen-bond acceptors (Lipinski definition) is 3. The Morgan fingerprint density at radius 3 is 2.89 bits per heavy atom. The van der Waals surface area contributed by atoms with Crippen LogP contribution in [0.1, 0.15) is 38.2 Å². The Balaban J connectivity index is 1.62. The minimum Gasteiger partial charge on any atom is -0.454 e. The summed E-state index contributed by atoms with van der Waals surface area (Å²) in [7, 11) is 0. The number of halogens is 1. The maximum Gasteiger partial charge on any atom is 0.231 e. The molecule has 104 valence electrons. The highest BCUT2D eigenvalue weighted by Gasteiger charge is 2.22. The van der Waals surface area contributed by atoms with Gasteiger partial charge in [-0.25, -0.2) is 0 Å². The second-order valence-electron chi connectivity index (χ2n) is 5.53. The van der Waals surface area contributed by atoms with Crippen molar-refractivity contribution in [2.45, 2.75) is 45.2 Å². The zero-order chi connectivity index (χ0) is 13.2. The molecule has 1 aromatic rings. The molecular formula is C15H20BrNO2. The van der Waals surface area contributed by atoms with E-state index in [1.807, 2.05) is 0 Å². The van der Waals surface area contributed by atoms with Gasteiger partial charge < -0.3 is 14.8 Å². The van der Waals surface area contributed by atoms with E-state index in [1.54, 1.807) is 0 Å². The lowest BCUT2D eigenvalue weighted by atomic mass is 9.99. The quantitative estimate of drug-likeness (QED) is 0.912. The first-order chi connectivity index (χ1) is 9.24. The summed E-state index contributed by atoms with van der Waals surface area (Å²) >= 11 is 3.54. The summed E-state index contributed by atoms with van der Waals surface area (Å²) in [5.41, 5.74) is 1.24. The molecule has 19 heavy (non-hydrogen) atoms. The van der Waals surface area contributed by atoms with E-state index in [1.165, 1.54) is 31.2 Å². The minimum atomic E-state index is 0.323. The van der Waals surface area contributed by atoms with E-state index in [9.17, 15) is 0 Å². The molecule has 4 heteroatoms. The molecule has 1 atom stereocenters. The van der Waals surface area contributed by atoms with Gasteiger partial charge in [-0.05, 0) is 59.3 Å². The topological polar surface area (TPSA) is 30.5 Å². The largest absolute Gasteiger partial charge is 0.454 e. The van der Waals surface area contributed by atoms with Crippen molar-refractivity contribution in [3.05, 3.63) is 22.2 Å². The molecule has 1 aliphatic carbocycles. The molecule has 0 bridgehead atoms. The number of ether oxygens (including phenoxy) is 2. The van der Waals surface area contributed by atoms with Crippen molar-refractivity contribution in [3.63, 3.8) is 0 Å². The summed E-state index contributed by atoms with van der Waals surface area (Å²) in [6.45, 7) is 3.51. The molecule has 3 rings (SSSR count). The Labute approximate surface area is 122 Å². The van der Waals surface area contributed by atoms with Crippen molar-refractivity contribution < 1.29 is 9.47 Å². The standard InChI is InChI=1S/C15H20BrNO2/c1-10(12-4-2-3-5-12)17-8-11-6-13(16)15-14(7-11)18-9-19-15/h6-7,10,12,17H,2-5,8-9H2,1H3/t10-/m1/s1. The van der Waals surface area contributed by atoms with Crippen LogP contribution in [0.3, 0.4) is 0 Å². The smallest absolute Gasteiger partial charge is 0.231 e. The van der Waals surface area contributed by atoms with Crippen molar-refractivity contribution in [2.24, 2.45) is 5.92 Å². The SMILES string of the molecule is C[C@@H](NCc1cc(Br)c2c(c1)OCO2)C1CCCC1. The van der Waals surface area contributed by atoms with Crippen LogP contribution in [-0.4, -0.2) is 12.8 Å². The number of nitrogens with one attached hydrogen (secondary N) is 1. The molecule has 0 aromatic heterocycles. The summed E-state index contributed by atoms with van der Waals surface area (Å²) in [5, 5.41) is 3.64. The fraction of sp³-hybridized carbons (Fsp3) is 0.600. The van der Waals surface area contributed by atoms with E-state index >= 15 is 0 Å². The van der Waals surface area contributed by atoms with Gasteiger partial charge in [0.05, 0.1) is 4.47 Å². The zero-order valence-corrected chi connectivity index (χ0v) is 12.8. The Morgan fingerprint density at radius 2 is 2.11 bits per heavy atom. The van der Waals surface area contributed by atoms with Crippen LogP contribution in [0.2, 0.25) is 0 Å². The van der Waals surface area contributed by atoms with Crippen molar-refractivity contribution in [1.82, 2.24) is 5.32 Å². The van der Waals surface area contributed by atoms with Crippen LogP contribution in [0.5, 0.6) is 11.5 Å². The minimum absolute atomic E-state index is 0.323. The van der Waals surface area contributed by atoms with E-state index in [4.69, 9.17) is 9.47 Å². The molecule has 0 unspecified atom stereocenters. The van der Waals surface area contributed by atoms with Crippen molar-refractivity contribution in [2.75, 3.05) is 6.79 Å². The number of benzene rings is 1. The molecular weight excluding hydrogens is 306 g/mol. The second-order valence-corrected chi connectivity index (χ2v) is 6.38. The summed E-state index contributed by atoms with van der Waals surface area (Å²) in [5.74, 6) is 2.52. The van der Waals surface area contributed by atoms with Gasteiger partial charge in [-0.15, -0.1) is 0 Å². The molecule has 0 saturated heterocycles. The molecule has 1 N–H and O–H groups in total. The van der Waals surface area contributed by atoms with Gasteiger partial charge in [-0.3, -0.25) is 0 Å². The number of hydrogen-bond donors (Lipinski definition) is 1. The molecule has 0 amide bonds. The highest BCUT2D eigenvalue weighted by molar-refractivity contribution is 9.10. The molecule has 3 nitrogen and oxygen atoms in total. The molecule has 0 spiro atoms. The van der Waals surface area contributed by atoms with Crippen LogP contribution >= 0.6 is 15.9 Å². The van der Waals surface area contributed by atoms with E-state index in [0.717, 1.165) is 28.4 Å². The van der Waals surface area contributed by atoms with Gasteiger partial charge in [0.25, 0.3) is 0 Å². The third-order valence-corrected chi connectivity index (χ3v) is 4.81. The highest BCUT2D eigenvalue weighted by Crippen LogP contribution is 2.40. The van der Waals surface area contributed by atoms with E-state index < -0.39 is 0 Å². The monoisotopic (exact) mass is 325 g/mol. The van der Waals surface area contributed by atoms with E-state index in [0.29, 0.717) is 12.8 Å². The average Bonchev–Trinajstić information content (AvgIpc) is 3.06. The summed E-state index contributed by atoms with van der Waals surface area (Å²) < 4.78 is 11.8. The molecule has 2 aliphatic rings. The maximum absolute atomic E-state index is 5.45. The van der Waals surface area contributed by atoms with Crippen LogP contribution in [0.4, 0.5) is 0 Å². The lowest BCUT2D eigenvalue weighted by Crippen LogP contribution is -2.31. The Hall–Kier alpha value is -0.740. The fourth-order valence-corrected chi connectivity index (χ4v) is 3.63. The first-order valence-electron chi connectivity index (χ1n) is 7.05. The van der Waals surface area contributed by atoms with Crippen LogP contribution in [0.15, 0.2) is 16.6 Å². The van der Waals surface area contributed by atoms with Crippen molar-refractivity contribution in [1.29, 1.82) is 0 Å². The van der Waals surface area contributed by atoms with Crippen molar-refractivity contribution >= 4 is 15.9 Å². The average molecular weight is 326 g/mol. The molecule has 1 saturated carbocycles. The van der Waals surface area contributed by atoms with Crippen LogP contribution < -0.4 is 14.8 Å².